The van der Waals surface area contributed by atoms with Crippen LogP contribution in [0.4, 0.5) is 26.1 Å². The van der Waals surface area contributed by atoms with Crippen molar-refractivity contribution < 1.29 is 33.4 Å². The smallest absolute Gasteiger partial charge is 0.328 e. The van der Waals surface area contributed by atoms with E-state index in [0.29, 0.717) is 30.8 Å². The number of carbonyl (C=O) groups excluding carboxylic acids is 1. The second-order valence-electron chi connectivity index (χ2n) is 9.98. The van der Waals surface area contributed by atoms with Crippen LogP contribution in [-0.2, 0) is 14.4 Å². The van der Waals surface area contributed by atoms with E-state index in [9.17, 15) is 18.8 Å². The number of likely N-dealkylation sites (N-methyl/N-ethyl adjacent to an activating group) is 1. The number of primary amides is 1. The molecule has 13 heteroatoms. The number of hydrogen-bond acceptors (Lipinski definition) is 8. The summed E-state index contributed by atoms with van der Waals surface area (Å²) in [4.78, 5) is 43.1. The van der Waals surface area contributed by atoms with Crippen molar-refractivity contribution >= 4 is 52.1 Å². The average molecular weight is 617 g/mol. The number of nitrogens with two attached hydrogens (primary N) is 1. The number of aromatic nitrogens is 2. The molecule has 0 saturated carbocycles. The quantitative estimate of drug-likeness (QED) is 0.210. The second kappa shape index (κ2) is 14.7. The van der Waals surface area contributed by atoms with Gasteiger partial charge in [0.1, 0.15) is 0 Å². The number of fused-ring (bicyclic) bond motifs is 1. The maximum absolute atomic E-state index is 15.0. The van der Waals surface area contributed by atoms with E-state index in [1.807, 2.05) is 54.4 Å². The van der Waals surface area contributed by atoms with Crippen molar-refractivity contribution in [1.82, 2.24) is 14.9 Å². The Morgan fingerprint density at radius 3 is 2.27 bits per heavy atom. The van der Waals surface area contributed by atoms with E-state index in [0.717, 1.165) is 35.2 Å². The normalized spacial score (nSPS) is 13.5. The molecular formula is C32H30F2N6O5. The van der Waals surface area contributed by atoms with Gasteiger partial charge in [0, 0.05) is 61.6 Å². The largest absolute Gasteiger partial charge is 0.478 e. The Labute approximate surface area is 256 Å². The molecule has 0 atom stereocenters. The number of carboxylic acids is 2. The van der Waals surface area contributed by atoms with Crippen LogP contribution in [0.2, 0.25) is 0 Å². The van der Waals surface area contributed by atoms with E-state index in [4.69, 9.17) is 15.9 Å². The van der Waals surface area contributed by atoms with Gasteiger partial charge in [-0.1, -0.05) is 36.4 Å². The molecular weight excluding hydrogens is 586 g/mol. The Balaban J connectivity index is 0.000000510. The Morgan fingerprint density at radius 1 is 0.911 bits per heavy atom. The van der Waals surface area contributed by atoms with E-state index in [-0.39, 0.29) is 17.3 Å². The van der Waals surface area contributed by atoms with Gasteiger partial charge in [-0.25, -0.2) is 28.3 Å². The fourth-order valence-electron chi connectivity index (χ4n) is 4.53. The molecule has 1 saturated heterocycles. The minimum atomic E-state index is -1.26. The molecule has 0 spiro atoms. The lowest BCUT2D eigenvalue weighted by molar-refractivity contribution is -0.134. The number of piperazine rings is 1. The summed E-state index contributed by atoms with van der Waals surface area (Å²) < 4.78 is 30.0. The van der Waals surface area contributed by atoms with E-state index >= 15 is 4.39 Å². The van der Waals surface area contributed by atoms with Gasteiger partial charge >= 0.3 is 11.9 Å². The summed E-state index contributed by atoms with van der Waals surface area (Å²) >= 11 is 0. The highest BCUT2D eigenvalue weighted by Crippen LogP contribution is 2.31. The molecule has 4 aromatic rings. The summed E-state index contributed by atoms with van der Waals surface area (Å²) in [5, 5.41) is 19.3. The van der Waals surface area contributed by atoms with Crippen molar-refractivity contribution in [3.63, 3.8) is 0 Å². The first-order valence-electron chi connectivity index (χ1n) is 13.7. The Bertz CT molecular complexity index is 1770. The molecule has 0 unspecified atom stereocenters. The van der Waals surface area contributed by atoms with E-state index in [2.05, 4.69) is 20.2 Å². The van der Waals surface area contributed by atoms with Gasteiger partial charge in [-0.15, -0.1) is 0 Å². The minimum absolute atomic E-state index is 0.0363. The third-order valence-electron chi connectivity index (χ3n) is 6.77. The number of para-hydroxylation sites is 1. The number of benzene rings is 3. The number of nitrogens with zero attached hydrogens (tertiary/aromatic N) is 4. The number of rotatable bonds is 8. The highest BCUT2D eigenvalue weighted by atomic mass is 19.2. The number of amides is 1. The lowest BCUT2D eigenvalue weighted by Gasteiger charge is -2.34. The SMILES string of the molecule is CN1CCN(c2ccc(Nc3ncc4cccc(-c5cccc(C=CC(N)=O)c5)c4n3)c(F)c2F)CC1.O=C(O)/C=C\C(=O)O. The van der Waals surface area contributed by atoms with Gasteiger partial charge in [-0.3, -0.25) is 4.79 Å². The highest BCUT2D eigenvalue weighted by Gasteiger charge is 2.22. The van der Waals surface area contributed by atoms with Crippen molar-refractivity contribution in [3.05, 3.63) is 96.2 Å². The monoisotopic (exact) mass is 616 g/mol. The van der Waals surface area contributed by atoms with Crippen LogP contribution in [-0.4, -0.2) is 76.2 Å². The average Bonchev–Trinajstić information content (AvgIpc) is 3.02. The van der Waals surface area contributed by atoms with Crippen LogP contribution < -0.4 is 16.0 Å². The molecule has 5 rings (SSSR count). The molecule has 1 fully saturated rings. The predicted octanol–water partition coefficient (Wildman–Crippen LogP) is 4.28. The van der Waals surface area contributed by atoms with Crippen molar-refractivity contribution in [2.45, 2.75) is 0 Å². The van der Waals surface area contributed by atoms with Crippen molar-refractivity contribution in [2.24, 2.45) is 5.73 Å². The maximum atomic E-state index is 15.0. The summed E-state index contributed by atoms with van der Waals surface area (Å²) in [6, 6.07) is 16.4. The molecule has 3 aromatic carbocycles. The summed E-state index contributed by atoms with van der Waals surface area (Å²) in [5.74, 6) is -4.76. The number of halogens is 2. The zero-order valence-corrected chi connectivity index (χ0v) is 24.2. The van der Waals surface area contributed by atoms with E-state index < -0.39 is 29.5 Å². The van der Waals surface area contributed by atoms with Crippen LogP contribution in [0.3, 0.4) is 0 Å². The summed E-state index contributed by atoms with van der Waals surface area (Å²) in [6.07, 6.45) is 5.69. The van der Waals surface area contributed by atoms with Gasteiger partial charge in [0.25, 0.3) is 0 Å². The van der Waals surface area contributed by atoms with E-state index in [1.165, 1.54) is 12.1 Å². The first-order chi connectivity index (χ1) is 21.5. The molecule has 1 aliphatic heterocycles. The molecule has 45 heavy (non-hydrogen) atoms. The molecule has 0 radical (unpaired) electrons. The summed E-state index contributed by atoms with van der Waals surface area (Å²) in [6.45, 7) is 2.85. The molecule has 0 bridgehead atoms. The van der Waals surface area contributed by atoms with Gasteiger partial charge < -0.3 is 31.1 Å². The number of carbonyl (C=O) groups is 3. The van der Waals surface area contributed by atoms with Gasteiger partial charge in [-0.2, -0.15) is 0 Å². The zero-order chi connectivity index (χ0) is 32.5. The molecule has 2 heterocycles. The molecule has 232 valence electrons. The fraction of sp³-hybridized carbons (Fsp3) is 0.156. The van der Waals surface area contributed by atoms with E-state index in [1.54, 1.807) is 18.3 Å². The first-order valence-corrected chi connectivity index (χ1v) is 13.7. The Hall–Kier alpha value is -5.69. The maximum Gasteiger partial charge on any atom is 0.328 e. The highest BCUT2D eigenvalue weighted by molar-refractivity contribution is 5.95. The second-order valence-corrected chi connectivity index (χ2v) is 9.98. The van der Waals surface area contributed by atoms with Gasteiger partial charge in [-0.05, 0) is 42.4 Å². The zero-order valence-electron chi connectivity index (χ0n) is 24.2. The predicted molar refractivity (Wildman–Crippen MR) is 167 cm³/mol. The first kappa shape index (κ1) is 32.2. The minimum Gasteiger partial charge on any atom is -0.478 e. The number of hydrogen-bond donors (Lipinski definition) is 4. The van der Waals surface area contributed by atoms with Crippen LogP contribution in [0.5, 0.6) is 0 Å². The third kappa shape index (κ3) is 8.67. The lowest BCUT2D eigenvalue weighted by Crippen LogP contribution is -2.44. The topological polar surface area (TPSA) is 162 Å². The molecule has 1 aromatic heterocycles. The fourth-order valence-corrected chi connectivity index (χ4v) is 4.53. The van der Waals surface area contributed by atoms with Crippen LogP contribution in [0.15, 0.2) is 79.0 Å². The summed E-state index contributed by atoms with van der Waals surface area (Å²) in [7, 11) is 2.01. The number of carboxylic acid groups (broad SMARTS) is 2. The molecule has 1 amide bonds. The standard InChI is InChI=1S/C28H26F2N6O.C4H4O4/c1-35-12-14-36(15-13-35)23-10-9-22(25(29)26(23)30)33-28-32-17-20-6-3-7-21(27(20)34-28)19-5-2-4-18(16-19)8-11-24(31)37;5-3(6)1-2-4(7)8/h2-11,16-17H,12-15H2,1H3,(H2,31,37)(H,32,33,34);1-2H,(H,5,6)(H,7,8)/b;2-1-. The Morgan fingerprint density at radius 2 is 1.60 bits per heavy atom. The number of aliphatic carboxylic acids is 2. The van der Waals surface area contributed by atoms with Gasteiger partial charge in [0.15, 0.2) is 11.6 Å². The van der Waals surface area contributed by atoms with Crippen LogP contribution in [0.25, 0.3) is 28.1 Å². The Kier molecular flexibility index (Phi) is 10.5. The summed E-state index contributed by atoms with van der Waals surface area (Å²) in [5.41, 5.74) is 8.58. The van der Waals surface area contributed by atoms with Crippen molar-refractivity contribution in [3.8, 4) is 11.1 Å². The van der Waals surface area contributed by atoms with Crippen molar-refractivity contribution in [2.75, 3.05) is 43.4 Å². The molecule has 0 aliphatic carbocycles. The molecule has 11 nitrogen and oxygen atoms in total. The van der Waals surface area contributed by atoms with Gasteiger partial charge in [0.2, 0.25) is 11.9 Å². The van der Waals surface area contributed by atoms with Crippen LogP contribution in [0, 0.1) is 11.6 Å². The van der Waals surface area contributed by atoms with Gasteiger partial charge in [0.05, 0.1) is 16.9 Å². The molecule has 1 aliphatic rings. The number of anilines is 3. The number of nitrogens with one attached hydrogen (secondary N) is 1. The lowest BCUT2D eigenvalue weighted by atomic mass is 10.0. The third-order valence-corrected chi connectivity index (χ3v) is 6.77. The van der Waals surface area contributed by atoms with Crippen molar-refractivity contribution in [1.29, 1.82) is 0 Å². The van der Waals surface area contributed by atoms with Crippen LogP contribution in [0.1, 0.15) is 5.56 Å². The van der Waals surface area contributed by atoms with Crippen LogP contribution >= 0.6 is 0 Å². The molecule has 5 N–H and O–H groups in total.